The molecule has 1 heterocycles. The molecule has 0 spiro atoms. The number of sulfonamides is 1. The quantitative estimate of drug-likeness (QED) is 0.393. The van der Waals surface area contributed by atoms with Crippen molar-refractivity contribution in [2.75, 3.05) is 22.7 Å². The van der Waals surface area contributed by atoms with Crippen LogP contribution in [0.3, 0.4) is 0 Å². The summed E-state index contributed by atoms with van der Waals surface area (Å²) in [6.07, 6.45) is -1.84. The molecule has 13 heteroatoms. The number of carbonyl (C=O) groups is 2. The summed E-state index contributed by atoms with van der Waals surface area (Å²) in [5.74, 6) is -3.56. The number of carboxylic acids is 2. The lowest BCUT2D eigenvalue weighted by Crippen LogP contribution is -2.27. The number of rotatable bonds is 9. The normalized spacial score (nSPS) is 11.8. The Morgan fingerprint density at radius 1 is 1.05 bits per heavy atom. The molecule has 206 valence electrons. The second kappa shape index (κ2) is 12.7. The SMILES string of the molecule is CCCCN(CC)c1ncc(NS(=O)(=O)c2ccc(C(C)(C)C)cc2)cc1C(=O)O.O=C(O)C(F)(F)F. The molecular weight excluding hydrogens is 515 g/mol. The van der Waals surface area contributed by atoms with E-state index in [1.54, 1.807) is 24.3 Å². The van der Waals surface area contributed by atoms with Crippen LogP contribution in [-0.4, -0.2) is 54.8 Å². The Labute approximate surface area is 214 Å². The third-order valence-electron chi connectivity index (χ3n) is 5.09. The molecule has 0 saturated carbocycles. The number of halogens is 3. The molecule has 0 radical (unpaired) electrons. The number of unbranched alkanes of at least 4 members (excludes halogenated alkanes) is 1. The van der Waals surface area contributed by atoms with E-state index in [9.17, 15) is 31.5 Å². The Morgan fingerprint density at radius 3 is 2.00 bits per heavy atom. The summed E-state index contributed by atoms with van der Waals surface area (Å²) in [6.45, 7) is 11.4. The third-order valence-corrected chi connectivity index (χ3v) is 6.48. The van der Waals surface area contributed by atoms with E-state index < -0.39 is 28.1 Å². The number of hydrogen-bond donors (Lipinski definition) is 3. The first kappa shape index (κ1) is 31.7. The van der Waals surface area contributed by atoms with E-state index in [0.717, 1.165) is 18.4 Å². The molecule has 9 nitrogen and oxygen atoms in total. The number of aromatic carboxylic acids is 1. The highest BCUT2D eigenvalue weighted by Gasteiger charge is 2.38. The van der Waals surface area contributed by atoms with Crippen LogP contribution in [0.2, 0.25) is 0 Å². The summed E-state index contributed by atoms with van der Waals surface area (Å²) < 4.78 is 59.7. The number of alkyl halides is 3. The molecule has 37 heavy (non-hydrogen) atoms. The van der Waals surface area contributed by atoms with Crippen LogP contribution in [0.4, 0.5) is 24.7 Å². The van der Waals surface area contributed by atoms with Gasteiger partial charge in [0.05, 0.1) is 16.8 Å². The molecule has 0 atom stereocenters. The van der Waals surface area contributed by atoms with Crippen LogP contribution in [0.1, 0.15) is 63.4 Å². The fraction of sp³-hybridized carbons (Fsp3) is 0.458. The maximum absolute atomic E-state index is 12.8. The molecule has 0 aliphatic heterocycles. The largest absolute Gasteiger partial charge is 0.490 e. The van der Waals surface area contributed by atoms with E-state index in [1.165, 1.54) is 12.3 Å². The Hall–Kier alpha value is -3.35. The predicted molar refractivity (Wildman–Crippen MR) is 134 cm³/mol. The van der Waals surface area contributed by atoms with Crippen molar-refractivity contribution in [3.8, 4) is 0 Å². The third kappa shape index (κ3) is 9.56. The van der Waals surface area contributed by atoms with Gasteiger partial charge in [0.25, 0.3) is 10.0 Å². The van der Waals surface area contributed by atoms with Crippen molar-refractivity contribution in [2.24, 2.45) is 0 Å². The zero-order valence-electron chi connectivity index (χ0n) is 21.3. The molecule has 0 aliphatic carbocycles. The number of carboxylic acid groups (broad SMARTS) is 2. The van der Waals surface area contributed by atoms with Crippen LogP contribution in [0.5, 0.6) is 0 Å². The van der Waals surface area contributed by atoms with Crippen LogP contribution in [0, 0.1) is 0 Å². The monoisotopic (exact) mass is 547 g/mol. The minimum atomic E-state index is -5.08. The molecular formula is C24H32F3N3O6S. The molecule has 3 N–H and O–H groups in total. The number of pyridine rings is 1. The number of nitrogens with zero attached hydrogens (tertiary/aromatic N) is 2. The molecule has 0 fully saturated rings. The van der Waals surface area contributed by atoms with Gasteiger partial charge in [-0.05, 0) is 42.5 Å². The highest BCUT2D eigenvalue weighted by molar-refractivity contribution is 7.92. The van der Waals surface area contributed by atoms with Crippen molar-refractivity contribution in [1.82, 2.24) is 4.98 Å². The zero-order valence-corrected chi connectivity index (χ0v) is 22.1. The maximum Gasteiger partial charge on any atom is 0.490 e. The van der Waals surface area contributed by atoms with Crippen molar-refractivity contribution in [3.63, 3.8) is 0 Å². The summed E-state index contributed by atoms with van der Waals surface area (Å²) in [4.78, 5) is 26.9. The first-order chi connectivity index (χ1) is 16.9. The van der Waals surface area contributed by atoms with E-state index in [0.29, 0.717) is 18.9 Å². The summed E-state index contributed by atoms with van der Waals surface area (Å²) in [6, 6.07) is 7.98. The lowest BCUT2D eigenvalue weighted by molar-refractivity contribution is -0.192. The molecule has 0 aliphatic rings. The molecule has 1 aromatic carbocycles. The van der Waals surface area contributed by atoms with Gasteiger partial charge in [0, 0.05) is 13.1 Å². The van der Waals surface area contributed by atoms with Crippen molar-refractivity contribution < 1.29 is 41.4 Å². The number of aliphatic carboxylic acids is 1. The van der Waals surface area contributed by atoms with E-state index in [2.05, 4.69) is 37.4 Å². The van der Waals surface area contributed by atoms with E-state index >= 15 is 0 Å². The Kier molecular flexibility index (Phi) is 10.9. The van der Waals surface area contributed by atoms with Gasteiger partial charge in [0.1, 0.15) is 11.4 Å². The van der Waals surface area contributed by atoms with Gasteiger partial charge >= 0.3 is 18.1 Å². The molecule has 2 aromatic rings. The van der Waals surface area contributed by atoms with Crippen LogP contribution in [-0.2, 0) is 20.2 Å². The highest BCUT2D eigenvalue weighted by atomic mass is 32.2. The topological polar surface area (TPSA) is 137 Å². The average Bonchev–Trinajstić information content (AvgIpc) is 2.79. The van der Waals surface area contributed by atoms with Crippen LogP contribution >= 0.6 is 0 Å². The van der Waals surface area contributed by atoms with Crippen molar-refractivity contribution in [3.05, 3.63) is 47.7 Å². The van der Waals surface area contributed by atoms with Crippen molar-refractivity contribution >= 4 is 33.5 Å². The van der Waals surface area contributed by atoms with Crippen LogP contribution in [0.15, 0.2) is 41.4 Å². The predicted octanol–water partition coefficient (Wildman–Crippen LogP) is 5.14. The Bertz CT molecular complexity index is 1180. The maximum atomic E-state index is 12.8. The highest BCUT2D eigenvalue weighted by Crippen LogP contribution is 2.26. The lowest BCUT2D eigenvalue weighted by Gasteiger charge is -2.23. The van der Waals surface area contributed by atoms with Gasteiger partial charge in [0.15, 0.2) is 0 Å². The number of hydrogen-bond acceptors (Lipinski definition) is 6. The lowest BCUT2D eigenvalue weighted by atomic mass is 9.87. The summed E-state index contributed by atoms with van der Waals surface area (Å²) in [5.41, 5.74) is 1.01. The summed E-state index contributed by atoms with van der Waals surface area (Å²) in [7, 11) is -3.87. The van der Waals surface area contributed by atoms with Gasteiger partial charge in [0.2, 0.25) is 0 Å². The Morgan fingerprint density at radius 2 is 1.59 bits per heavy atom. The van der Waals surface area contributed by atoms with Gasteiger partial charge in [-0.1, -0.05) is 46.2 Å². The molecule has 0 saturated heterocycles. The second-order valence-electron chi connectivity index (χ2n) is 9.02. The molecule has 0 amide bonds. The first-order valence-corrected chi connectivity index (χ1v) is 12.8. The molecule has 1 aromatic heterocycles. The summed E-state index contributed by atoms with van der Waals surface area (Å²) in [5, 5.41) is 16.8. The first-order valence-electron chi connectivity index (χ1n) is 11.4. The molecule has 0 unspecified atom stereocenters. The van der Waals surface area contributed by atoms with Gasteiger partial charge in [-0.3, -0.25) is 4.72 Å². The van der Waals surface area contributed by atoms with E-state index in [4.69, 9.17) is 9.90 Å². The van der Waals surface area contributed by atoms with E-state index in [1.807, 2.05) is 11.8 Å². The van der Waals surface area contributed by atoms with Gasteiger partial charge < -0.3 is 15.1 Å². The number of anilines is 2. The number of nitrogens with one attached hydrogen (secondary N) is 1. The summed E-state index contributed by atoms with van der Waals surface area (Å²) >= 11 is 0. The van der Waals surface area contributed by atoms with E-state index in [-0.39, 0.29) is 21.6 Å². The second-order valence-corrected chi connectivity index (χ2v) is 10.7. The van der Waals surface area contributed by atoms with Crippen molar-refractivity contribution in [1.29, 1.82) is 0 Å². The standard InChI is InChI=1S/C22H31N3O4S.C2HF3O2/c1-6-8-13-25(7-2)20-19(21(26)27)14-17(15-23-20)24-30(28,29)18-11-9-16(10-12-18)22(3,4)5;3-2(4,5)1(6)7/h9-12,14-15,24H,6-8,13H2,1-5H3,(H,26,27);(H,6,7). The average molecular weight is 548 g/mol. The van der Waals surface area contributed by atoms with Crippen LogP contribution < -0.4 is 9.62 Å². The minimum Gasteiger partial charge on any atom is -0.478 e. The van der Waals surface area contributed by atoms with Gasteiger partial charge in [-0.2, -0.15) is 13.2 Å². The Balaban J connectivity index is 0.000000856. The fourth-order valence-corrected chi connectivity index (χ4v) is 4.07. The number of benzene rings is 1. The number of aromatic nitrogens is 1. The van der Waals surface area contributed by atoms with Gasteiger partial charge in [-0.15, -0.1) is 0 Å². The van der Waals surface area contributed by atoms with Crippen LogP contribution in [0.25, 0.3) is 0 Å². The molecule has 0 bridgehead atoms. The van der Waals surface area contributed by atoms with Gasteiger partial charge in [-0.25, -0.2) is 23.0 Å². The fourth-order valence-electron chi connectivity index (χ4n) is 3.03. The smallest absolute Gasteiger partial charge is 0.478 e. The minimum absolute atomic E-state index is 0.0313. The van der Waals surface area contributed by atoms with Crippen molar-refractivity contribution in [2.45, 2.75) is 63.9 Å². The molecule has 2 rings (SSSR count). The zero-order chi connectivity index (χ0) is 28.6.